The third-order valence-corrected chi connectivity index (χ3v) is 4.15. The van der Waals surface area contributed by atoms with Gasteiger partial charge in [0.25, 0.3) is 5.69 Å². The maximum absolute atomic E-state index is 10.6. The molecular weight excluding hydrogens is 290 g/mol. The highest BCUT2D eigenvalue weighted by Crippen LogP contribution is 2.21. The Morgan fingerprint density at radius 1 is 1.13 bits per heavy atom. The maximum atomic E-state index is 10.6. The number of nitrogens with two attached hydrogens (primary N) is 1. The van der Waals surface area contributed by atoms with Gasteiger partial charge in [-0.15, -0.1) is 0 Å². The number of fused-ring (bicyclic) bond motifs is 1. The van der Waals surface area contributed by atoms with Crippen molar-refractivity contribution in [1.29, 1.82) is 0 Å². The number of nitrogens with one attached hydrogen (secondary N) is 1. The normalized spacial score (nSPS) is 11.0. The molecule has 3 rings (SSSR count). The monoisotopic (exact) mass is 310 g/mol. The lowest BCUT2D eigenvalue weighted by molar-refractivity contribution is -0.670. The summed E-state index contributed by atoms with van der Waals surface area (Å²) in [5.74, 6) is 0. The standard InChI is InChI=1S/C18H19N3O2/c1-13-16(17-4-2-3-5-18(17)20-13)10-11-19-12-14-6-8-15(9-7-14)21(22)23/h2-9,19-20H,10-12H2,1H3/p+1. The molecule has 1 aromatic heterocycles. The van der Waals surface area contributed by atoms with E-state index in [0.717, 1.165) is 25.1 Å². The fourth-order valence-corrected chi connectivity index (χ4v) is 2.93. The highest BCUT2D eigenvalue weighted by Gasteiger charge is 2.09. The van der Waals surface area contributed by atoms with Gasteiger partial charge in [-0.05, 0) is 30.7 Å². The van der Waals surface area contributed by atoms with Crippen LogP contribution in [0.4, 0.5) is 5.69 Å². The number of hydrogen-bond acceptors (Lipinski definition) is 2. The number of aryl methyl sites for hydroxylation is 1. The number of hydrogen-bond donors (Lipinski definition) is 2. The molecule has 0 amide bonds. The van der Waals surface area contributed by atoms with E-state index in [1.165, 1.54) is 22.2 Å². The van der Waals surface area contributed by atoms with Crippen LogP contribution in [-0.2, 0) is 13.0 Å². The zero-order valence-corrected chi connectivity index (χ0v) is 13.1. The molecule has 1 heterocycles. The van der Waals surface area contributed by atoms with Gasteiger partial charge in [-0.25, -0.2) is 0 Å². The average Bonchev–Trinajstić information content (AvgIpc) is 2.87. The zero-order chi connectivity index (χ0) is 16.2. The van der Waals surface area contributed by atoms with Gasteiger partial charge in [0.15, 0.2) is 0 Å². The van der Waals surface area contributed by atoms with Crippen LogP contribution in [0.1, 0.15) is 16.8 Å². The Morgan fingerprint density at radius 2 is 1.87 bits per heavy atom. The van der Waals surface area contributed by atoms with Gasteiger partial charge in [0, 0.05) is 40.7 Å². The van der Waals surface area contributed by atoms with E-state index in [2.05, 4.69) is 35.4 Å². The second-order valence-corrected chi connectivity index (χ2v) is 5.73. The molecule has 0 bridgehead atoms. The molecule has 0 aliphatic heterocycles. The molecule has 5 heteroatoms. The SMILES string of the molecule is Cc1[nH]c2ccccc2c1CC[NH2+]Cc1ccc([N+](=O)[O-])cc1. The molecule has 0 unspecified atom stereocenters. The summed E-state index contributed by atoms with van der Waals surface area (Å²) in [4.78, 5) is 13.7. The first kappa shape index (κ1) is 15.2. The van der Waals surface area contributed by atoms with Crippen molar-refractivity contribution in [2.75, 3.05) is 6.54 Å². The van der Waals surface area contributed by atoms with Gasteiger partial charge < -0.3 is 10.3 Å². The molecular formula is C18H20N3O2+. The van der Waals surface area contributed by atoms with Crippen LogP contribution < -0.4 is 5.32 Å². The van der Waals surface area contributed by atoms with E-state index in [-0.39, 0.29) is 10.6 Å². The van der Waals surface area contributed by atoms with E-state index < -0.39 is 0 Å². The van der Waals surface area contributed by atoms with Gasteiger partial charge in [-0.2, -0.15) is 0 Å². The number of H-pyrrole nitrogens is 1. The molecule has 5 nitrogen and oxygen atoms in total. The summed E-state index contributed by atoms with van der Waals surface area (Å²) in [6, 6.07) is 15.1. The van der Waals surface area contributed by atoms with Crippen molar-refractivity contribution >= 4 is 16.6 Å². The Bertz CT molecular complexity index is 822. The quantitative estimate of drug-likeness (QED) is 0.417. The molecule has 118 valence electrons. The van der Waals surface area contributed by atoms with Crippen molar-refractivity contribution in [2.24, 2.45) is 0 Å². The van der Waals surface area contributed by atoms with Crippen LogP contribution in [0.5, 0.6) is 0 Å². The van der Waals surface area contributed by atoms with Crippen molar-refractivity contribution in [2.45, 2.75) is 19.9 Å². The second-order valence-electron chi connectivity index (χ2n) is 5.73. The van der Waals surface area contributed by atoms with Gasteiger partial charge in [-0.1, -0.05) is 18.2 Å². The van der Waals surface area contributed by atoms with Crippen molar-refractivity contribution < 1.29 is 10.2 Å². The second kappa shape index (κ2) is 6.62. The number of nitro groups is 1. The Kier molecular flexibility index (Phi) is 4.39. The average molecular weight is 310 g/mol. The maximum Gasteiger partial charge on any atom is 0.269 e. The number of para-hydroxylation sites is 1. The fourth-order valence-electron chi connectivity index (χ4n) is 2.93. The highest BCUT2D eigenvalue weighted by atomic mass is 16.6. The summed E-state index contributed by atoms with van der Waals surface area (Å²) in [5.41, 5.74) is 5.04. The molecule has 23 heavy (non-hydrogen) atoms. The number of non-ortho nitro benzene ring substituents is 1. The Morgan fingerprint density at radius 3 is 2.61 bits per heavy atom. The van der Waals surface area contributed by atoms with Gasteiger partial charge in [0.2, 0.25) is 0 Å². The van der Waals surface area contributed by atoms with Crippen molar-refractivity contribution in [3.8, 4) is 0 Å². The number of nitro benzene ring substituents is 1. The largest absolute Gasteiger partial charge is 0.358 e. The minimum absolute atomic E-state index is 0.142. The predicted octanol–water partition coefficient (Wildman–Crippen LogP) is 2.69. The molecule has 0 atom stereocenters. The lowest BCUT2D eigenvalue weighted by Crippen LogP contribution is -2.83. The fraction of sp³-hybridized carbons (Fsp3) is 0.222. The van der Waals surface area contributed by atoms with Gasteiger partial charge in [-0.3, -0.25) is 10.1 Å². The van der Waals surface area contributed by atoms with E-state index in [1.54, 1.807) is 12.1 Å². The number of quaternary nitrogens is 1. The number of aromatic amines is 1. The van der Waals surface area contributed by atoms with Crippen LogP contribution in [0.3, 0.4) is 0 Å². The molecule has 0 saturated heterocycles. The summed E-state index contributed by atoms with van der Waals surface area (Å²) in [7, 11) is 0. The Balaban J connectivity index is 1.57. The van der Waals surface area contributed by atoms with Crippen LogP contribution in [0.25, 0.3) is 10.9 Å². The van der Waals surface area contributed by atoms with Crippen LogP contribution in [0, 0.1) is 17.0 Å². The molecule has 0 aliphatic carbocycles. The van der Waals surface area contributed by atoms with Gasteiger partial charge in [0.05, 0.1) is 11.5 Å². The summed E-state index contributed by atoms with van der Waals surface area (Å²) in [6.45, 7) is 3.94. The van der Waals surface area contributed by atoms with Crippen molar-refractivity contribution in [3.63, 3.8) is 0 Å². The summed E-state index contributed by atoms with van der Waals surface area (Å²) in [5, 5.41) is 14.2. The van der Waals surface area contributed by atoms with E-state index in [1.807, 2.05) is 18.2 Å². The lowest BCUT2D eigenvalue weighted by atomic mass is 10.1. The lowest BCUT2D eigenvalue weighted by Gasteiger charge is -2.03. The minimum atomic E-state index is -0.368. The third-order valence-electron chi connectivity index (χ3n) is 4.15. The molecule has 0 radical (unpaired) electrons. The van der Waals surface area contributed by atoms with Crippen molar-refractivity contribution in [1.82, 2.24) is 4.98 Å². The zero-order valence-electron chi connectivity index (χ0n) is 13.1. The smallest absolute Gasteiger partial charge is 0.269 e. The first-order valence-corrected chi connectivity index (χ1v) is 7.76. The number of benzene rings is 2. The molecule has 3 aromatic rings. The van der Waals surface area contributed by atoms with E-state index in [0.29, 0.717) is 0 Å². The first-order valence-electron chi connectivity index (χ1n) is 7.76. The first-order chi connectivity index (χ1) is 11.1. The van der Waals surface area contributed by atoms with Crippen LogP contribution in [0.15, 0.2) is 48.5 Å². The van der Waals surface area contributed by atoms with Gasteiger partial charge >= 0.3 is 0 Å². The van der Waals surface area contributed by atoms with Crippen LogP contribution in [-0.4, -0.2) is 16.5 Å². The summed E-state index contributed by atoms with van der Waals surface area (Å²) < 4.78 is 0. The number of rotatable bonds is 6. The molecule has 2 aromatic carbocycles. The molecule has 0 spiro atoms. The predicted molar refractivity (Wildman–Crippen MR) is 90.3 cm³/mol. The molecule has 0 saturated carbocycles. The van der Waals surface area contributed by atoms with E-state index in [9.17, 15) is 10.1 Å². The molecule has 0 fully saturated rings. The third kappa shape index (κ3) is 3.40. The Labute approximate surface area is 134 Å². The minimum Gasteiger partial charge on any atom is -0.358 e. The van der Waals surface area contributed by atoms with Crippen LogP contribution >= 0.6 is 0 Å². The molecule has 3 N–H and O–H groups in total. The van der Waals surface area contributed by atoms with E-state index in [4.69, 9.17) is 0 Å². The number of aromatic nitrogens is 1. The summed E-state index contributed by atoms with van der Waals surface area (Å²) in [6.07, 6.45) is 1.00. The summed E-state index contributed by atoms with van der Waals surface area (Å²) >= 11 is 0. The topological polar surface area (TPSA) is 75.5 Å². The van der Waals surface area contributed by atoms with Crippen LogP contribution in [0.2, 0.25) is 0 Å². The van der Waals surface area contributed by atoms with E-state index >= 15 is 0 Å². The molecule has 0 aliphatic rings. The Hall–Kier alpha value is -2.66. The van der Waals surface area contributed by atoms with Crippen molar-refractivity contribution in [3.05, 3.63) is 75.5 Å². The number of nitrogens with zero attached hydrogens (tertiary/aromatic N) is 1. The van der Waals surface area contributed by atoms with Gasteiger partial charge in [0.1, 0.15) is 6.54 Å². The highest BCUT2D eigenvalue weighted by molar-refractivity contribution is 5.84.